The smallest absolute Gasteiger partial charge is 0.326 e. The molecule has 0 saturated carbocycles. The van der Waals surface area contributed by atoms with Crippen molar-refractivity contribution >= 4 is 29.5 Å². The maximum Gasteiger partial charge on any atom is 0.326 e. The van der Waals surface area contributed by atoms with Crippen LogP contribution in [0.1, 0.15) is 12.8 Å². The molecule has 1 saturated heterocycles. The standard InChI is InChI=1S/C16H17F2N3O5/c1-20-8-14(23)21(16(20)25)6-2-3-15(24)26-9-13(22)19-12-5-4-10(17)7-11(12)18/h4-5,7H,2-3,6,8-9H2,1H3,(H,19,22). The number of ether oxygens (including phenoxy) is 1. The Bertz CT molecular complexity index is 741. The largest absolute Gasteiger partial charge is 0.456 e. The van der Waals surface area contributed by atoms with Crippen molar-refractivity contribution in [1.29, 1.82) is 0 Å². The van der Waals surface area contributed by atoms with E-state index in [0.29, 0.717) is 6.07 Å². The molecule has 0 bridgehead atoms. The molecule has 8 nitrogen and oxygen atoms in total. The summed E-state index contributed by atoms with van der Waals surface area (Å²) < 4.78 is 30.9. The van der Waals surface area contributed by atoms with Crippen LogP contribution in [0.5, 0.6) is 0 Å². The van der Waals surface area contributed by atoms with Gasteiger partial charge in [-0.15, -0.1) is 0 Å². The number of imide groups is 1. The van der Waals surface area contributed by atoms with Gasteiger partial charge in [-0.05, 0) is 18.6 Å². The first-order valence-corrected chi connectivity index (χ1v) is 7.74. The minimum atomic E-state index is -0.949. The second-order valence-electron chi connectivity index (χ2n) is 5.62. The van der Waals surface area contributed by atoms with Crippen molar-refractivity contribution < 1.29 is 32.7 Å². The first-order valence-electron chi connectivity index (χ1n) is 7.74. The average molecular weight is 369 g/mol. The van der Waals surface area contributed by atoms with E-state index in [-0.39, 0.29) is 37.5 Å². The van der Waals surface area contributed by atoms with E-state index in [1.54, 1.807) is 0 Å². The third-order valence-electron chi connectivity index (χ3n) is 3.56. The van der Waals surface area contributed by atoms with E-state index < -0.39 is 36.1 Å². The number of nitrogens with one attached hydrogen (secondary N) is 1. The Morgan fingerprint density at radius 2 is 2.00 bits per heavy atom. The number of hydrogen-bond acceptors (Lipinski definition) is 5. The molecule has 1 heterocycles. The van der Waals surface area contributed by atoms with E-state index in [2.05, 4.69) is 5.32 Å². The van der Waals surface area contributed by atoms with Gasteiger partial charge < -0.3 is 15.0 Å². The highest BCUT2D eigenvalue weighted by atomic mass is 19.1. The summed E-state index contributed by atoms with van der Waals surface area (Å²) in [5.74, 6) is -3.56. The monoisotopic (exact) mass is 369 g/mol. The lowest BCUT2D eigenvalue weighted by atomic mass is 10.3. The first-order chi connectivity index (χ1) is 12.3. The molecule has 0 radical (unpaired) electrons. The first kappa shape index (κ1) is 19.3. The third-order valence-corrected chi connectivity index (χ3v) is 3.56. The van der Waals surface area contributed by atoms with Crippen molar-refractivity contribution in [2.24, 2.45) is 0 Å². The van der Waals surface area contributed by atoms with Crippen LogP contribution in [0.4, 0.5) is 19.3 Å². The van der Waals surface area contributed by atoms with E-state index in [0.717, 1.165) is 17.0 Å². The SMILES string of the molecule is CN1CC(=O)N(CCCC(=O)OCC(=O)Nc2ccc(F)cc2F)C1=O. The van der Waals surface area contributed by atoms with E-state index in [9.17, 15) is 28.0 Å². The summed E-state index contributed by atoms with van der Waals surface area (Å²) in [5.41, 5.74) is -0.234. The second-order valence-corrected chi connectivity index (χ2v) is 5.62. The summed E-state index contributed by atoms with van der Waals surface area (Å²) in [6.07, 6.45) is 0.0946. The number of esters is 1. The zero-order valence-electron chi connectivity index (χ0n) is 14.0. The minimum absolute atomic E-state index is 0.00337. The highest BCUT2D eigenvalue weighted by Gasteiger charge is 2.32. The van der Waals surface area contributed by atoms with Gasteiger partial charge in [0.2, 0.25) is 5.91 Å². The summed E-state index contributed by atoms with van der Waals surface area (Å²) in [6.45, 7) is -0.562. The molecular formula is C16H17F2N3O5. The predicted octanol–water partition coefficient (Wildman–Crippen LogP) is 1.12. The minimum Gasteiger partial charge on any atom is -0.456 e. The lowest BCUT2D eigenvalue weighted by molar-refractivity contribution is -0.147. The summed E-state index contributed by atoms with van der Waals surface area (Å²) in [4.78, 5) is 48.7. The van der Waals surface area contributed by atoms with Crippen LogP contribution in [0, 0.1) is 11.6 Å². The average Bonchev–Trinajstić information content (AvgIpc) is 2.81. The Morgan fingerprint density at radius 3 is 2.62 bits per heavy atom. The number of anilines is 1. The van der Waals surface area contributed by atoms with Crippen LogP contribution in [-0.4, -0.2) is 60.4 Å². The number of nitrogens with zero attached hydrogens (tertiary/aromatic N) is 2. The number of hydrogen-bond donors (Lipinski definition) is 1. The van der Waals surface area contributed by atoms with Crippen LogP contribution in [0.3, 0.4) is 0 Å². The van der Waals surface area contributed by atoms with Gasteiger partial charge in [-0.25, -0.2) is 13.6 Å². The van der Waals surface area contributed by atoms with Gasteiger partial charge in [0, 0.05) is 26.1 Å². The predicted molar refractivity (Wildman–Crippen MR) is 84.9 cm³/mol. The molecule has 4 amide bonds. The number of rotatable bonds is 7. The van der Waals surface area contributed by atoms with E-state index in [1.807, 2.05) is 0 Å². The molecular weight excluding hydrogens is 352 g/mol. The van der Waals surface area contributed by atoms with Crippen molar-refractivity contribution in [2.45, 2.75) is 12.8 Å². The molecule has 26 heavy (non-hydrogen) atoms. The number of benzene rings is 1. The zero-order valence-corrected chi connectivity index (χ0v) is 14.0. The second kappa shape index (κ2) is 8.37. The van der Waals surface area contributed by atoms with Crippen LogP contribution in [0.25, 0.3) is 0 Å². The highest BCUT2D eigenvalue weighted by molar-refractivity contribution is 6.01. The number of urea groups is 1. The van der Waals surface area contributed by atoms with Crippen molar-refractivity contribution in [3.05, 3.63) is 29.8 Å². The number of halogens is 2. The summed E-state index contributed by atoms with van der Waals surface area (Å²) in [6, 6.07) is 2.21. The number of carbonyl (C=O) groups excluding carboxylic acids is 4. The Labute approximate surface area is 147 Å². The highest BCUT2D eigenvalue weighted by Crippen LogP contribution is 2.14. The lowest BCUT2D eigenvalue weighted by Gasteiger charge is -2.13. The van der Waals surface area contributed by atoms with Gasteiger partial charge in [0.1, 0.15) is 18.2 Å². The summed E-state index contributed by atoms with van der Waals surface area (Å²) >= 11 is 0. The fourth-order valence-corrected chi connectivity index (χ4v) is 2.27. The quantitative estimate of drug-likeness (QED) is 0.574. The number of carbonyl (C=O) groups is 4. The van der Waals surface area contributed by atoms with E-state index in [4.69, 9.17) is 4.74 Å². The molecule has 0 aliphatic carbocycles. The molecule has 1 aromatic rings. The fourth-order valence-electron chi connectivity index (χ4n) is 2.27. The molecule has 140 valence electrons. The molecule has 1 N–H and O–H groups in total. The van der Waals surface area contributed by atoms with Crippen molar-refractivity contribution in [3.8, 4) is 0 Å². The molecule has 1 aromatic carbocycles. The Kier molecular flexibility index (Phi) is 6.21. The molecule has 0 atom stereocenters. The van der Waals surface area contributed by atoms with Crippen molar-refractivity contribution in [2.75, 3.05) is 32.1 Å². The Balaban J connectivity index is 1.69. The molecule has 0 unspecified atom stereocenters. The van der Waals surface area contributed by atoms with Crippen molar-refractivity contribution in [1.82, 2.24) is 9.80 Å². The van der Waals surface area contributed by atoms with Crippen LogP contribution >= 0.6 is 0 Å². The zero-order chi connectivity index (χ0) is 19.3. The Morgan fingerprint density at radius 1 is 1.27 bits per heavy atom. The molecule has 2 rings (SSSR count). The van der Waals surface area contributed by atoms with Gasteiger partial charge in [-0.1, -0.05) is 0 Å². The van der Waals surface area contributed by atoms with Gasteiger partial charge >= 0.3 is 12.0 Å². The van der Waals surface area contributed by atoms with Crippen LogP contribution in [-0.2, 0) is 19.1 Å². The van der Waals surface area contributed by atoms with Crippen LogP contribution in [0.15, 0.2) is 18.2 Å². The Hall–Kier alpha value is -3.04. The molecule has 0 aromatic heterocycles. The molecule has 1 fully saturated rings. The van der Waals surface area contributed by atoms with Crippen molar-refractivity contribution in [3.63, 3.8) is 0 Å². The number of amides is 4. The molecule has 1 aliphatic heterocycles. The maximum absolute atomic E-state index is 13.4. The van der Waals surface area contributed by atoms with Gasteiger partial charge in [-0.2, -0.15) is 0 Å². The van der Waals surface area contributed by atoms with Crippen LogP contribution < -0.4 is 5.32 Å². The topological polar surface area (TPSA) is 96.0 Å². The lowest BCUT2D eigenvalue weighted by Crippen LogP contribution is -2.32. The van der Waals surface area contributed by atoms with Gasteiger partial charge in [0.25, 0.3) is 5.91 Å². The van der Waals surface area contributed by atoms with Crippen LogP contribution in [0.2, 0.25) is 0 Å². The molecule has 1 aliphatic rings. The third kappa shape index (κ3) is 4.98. The molecule has 0 spiro atoms. The van der Waals surface area contributed by atoms with E-state index in [1.165, 1.54) is 11.9 Å². The van der Waals surface area contributed by atoms with Gasteiger partial charge in [0.05, 0.1) is 5.69 Å². The molecule has 10 heteroatoms. The fraction of sp³-hybridized carbons (Fsp3) is 0.375. The normalized spacial score (nSPS) is 14.0. The van der Waals surface area contributed by atoms with Gasteiger partial charge in [-0.3, -0.25) is 19.3 Å². The van der Waals surface area contributed by atoms with E-state index >= 15 is 0 Å². The van der Waals surface area contributed by atoms with Gasteiger partial charge in [0.15, 0.2) is 6.61 Å². The number of likely N-dealkylation sites (N-methyl/N-ethyl adjacent to an activating group) is 1. The maximum atomic E-state index is 13.4. The summed E-state index contributed by atoms with van der Waals surface area (Å²) in [5, 5.41) is 2.15. The summed E-state index contributed by atoms with van der Waals surface area (Å²) in [7, 11) is 1.50.